The van der Waals surface area contributed by atoms with Crippen molar-refractivity contribution in [1.82, 2.24) is 4.90 Å². The van der Waals surface area contributed by atoms with Gasteiger partial charge in [-0.1, -0.05) is 25.2 Å². The Morgan fingerprint density at radius 3 is 3.17 bits per heavy atom. The van der Waals surface area contributed by atoms with Crippen molar-refractivity contribution < 1.29 is 5.11 Å². The molecule has 0 amide bonds. The van der Waals surface area contributed by atoms with Crippen molar-refractivity contribution in [1.29, 1.82) is 0 Å². The third-order valence-corrected chi connectivity index (χ3v) is 4.52. The van der Waals surface area contributed by atoms with Gasteiger partial charge in [0, 0.05) is 23.0 Å². The van der Waals surface area contributed by atoms with Crippen LogP contribution in [0.1, 0.15) is 43.0 Å². The van der Waals surface area contributed by atoms with Gasteiger partial charge in [-0.15, -0.1) is 11.3 Å². The summed E-state index contributed by atoms with van der Waals surface area (Å²) in [6.07, 6.45) is 5.26. The van der Waals surface area contributed by atoms with Crippen LogP contribution in [0.15, 0.2) is 11.4 Å². The maximum Gasteiger partial charge on any atom is 0.104 e. The normalized spacial score (nSPS) is 20.4. The lowest BCUT2D eigenvalue weighted by Crippen LogP contribution is -2.38. The third-order valence-electron chi connectivity index (χ3n) is 3.61. The van der Waals surface area contributed by atoms with Crippen LogP contribution in [0.4, 0.5) is 0 Å². The van der Waals surface area contributed by atoms with Crippen molar-refractivity contribution in [2.45, 2.75) is 45.2 Å². The highest BCUT2D eigenvalue weighted by atomic mass is 32.1. The Balaban J connectivity index is 2.06. The highest BCUT2D eigenvalue weighted by molar-refractivity contribution is 7.10. The van der Waals surface area contributed by atoms with Gasteiger partial charge in [-0.2, -0.15) is 0 Å². The summed E-state index contributed by atoms with van der Waals surface area (Å²) in [5.74, 6) is 5.80. The predicted molar refractivity (Wildman–Crippen MR) is 76.6 cm³/mol. The van der Waals surface area contributed by atoms with Crippen molar-refractivity contribution in [3.63, 3.8) is 0 Å². The molecule has 1 aliphatic rings. The first kappa shape index (κ1) is 13.6. The van der Waals surface area contributed by atoms with Crippen LogP contribution in [0, 0.1) is 11.8 Å². The van der Waals surface area contributed by atoms with Gasteiger partial charge < -0.3 is 5.11 Å². The van der Waals surface area contributed by atoms with Gasteiger partial charge in [0.05, 0.1) is 0 Å². The van der Waals surface area contributed by atoms with Crippen LogP contribution >= 0.6 is 11.3 Å². The van der Waals surface area contributed by atoms with Crippen LogP contribution in [0.25, 0.3) is 0 Å². The largest absolute Gasteiger partial charge is 0.384 e. The van der Waals surface area contributed by atoms with Gasteiger partial charge in [-0.25, -0.2) is 0 Å². The van der Waals surface area contributed by atoms with Crippen molar-refractivity contribution in [3.8, 4) is 11.8 Å². The number of aliphatic hydroxyl groups is 1. The zero-order valence-electron chi connectivity index (χ0n) is 11.0. The number of piperidine rings is 1. The number of likely N-dealkylation sites (tertiary alicyclic amines) is 1. The summed E-state index contributed by atoms with van der Waals surface area (Å²) < 4.78 is 0. The van der Waals surface area contributed by atoms with E-state index in [4.69, 9.17) is 5.11 Å². The van der Waals surface area contributed by atoms with E-state index in [1.807, 2.05) is 0 Å². The molecule has 2 heterocycles. The fourth-order valence-electron chi connectivity index (χ4n) is 2.62. The fourth-order valence-corrected chi connectivity index (χ4v) is 3.48. The zero-order valence-corrected chi connectivity index (χ0v) is 11.8. The first-order chi connectivity index (χ1) is 8.85. The second-order valence-electron chi connectivity index (χ2n) is 4.75. The molecule has 0 spiro atoms. The highest BCUT2D eigenvalue weighted by Gasteiger charge is 2.21. The van der Waals surface area contributed by atoms with E-state index in [1.54, 1.807) is 11.3 Å². The number of hydrogen-bond acceptors (Lipinski definition) is 3. The van der Waals surface area contributed by atoms with Gasteiger partial charge >= 0.3 is 0 Å². The average Bonchev–Trinajstić information content (AvgIpc) is 2.84. The van der Waals surface area contributed by atoms with E-state index in [9.17, 15) is 0 Å². The molecule has 0 bridgehead atoms. The summed E-state index contributed by atoms with van der Waals surface area (Å²) in [5, 5.41) is 10.9. The summed E-state index contributed by atoms with van der Waals surface area (Å²) in [6.45, 7) is 4.45. The molecule has 0 radical (unpaired) electrons. The Hall–Kier alpha value is -0.820. The van der Waals surface area contributed by atoms with Gasteiger partial charge in [0.15, 0.2) is 0 Å². The van der Waals surface area contributed by atoms with E-state index in [0.717, 1.165) is 18.2 Å². The minimum absolute atomic E-state index is 0.0589. The van der Waals surface area contributed by atoms with Gasteiger partial charge in [-0.3, -0.25) is 4.90 Å². The monoisotopic (exact) mass is 263 g/mol. The Kier molecular flexibility index (Phi) is 5.25. The van der Waals surface area contributed by atoms with E-state index >= 15 is 0 Å². The molecule has 1 fully saturated rings. The summed E-state index contributed by atoms with van der Waals surface area (Å²) >= 11 is 1.78. The number of aliphatic hydroxyl groups excluding tert-OH is 1. The number of hydrogen-bond donors (Lipinski definition) is 1. The molecule has 1 aliphatic heterocycles. The molecule has 2 nitrogen and oxygen atoms in total. The Bertz CT molecular complexity index is 429. The molecule has 1 unspecified atom stereocenters. The maximum atomic E-state index is 8.78. The predicted octanol–water partition coefficient (Wildman–Crippen LogP) is 2.86. The summed E-state index contributed by atoms with van der Waals surface area (Å²) in [6, 6.07) is 2.80. The Morgan fingerprint density at radius 2 is 2.39 bits per heavy atom. The quantitative estimate of drug-likeness (QED) is 0.848. The van der Waals surface area contributed by atoms with Gasteiger partial charge in [0.1, 0.15) is 6.61 Å². The van der Waals surface area contributed by atoms with Crippen LogP contribution in [-0.4, -0.2) is 29.2 Å². The van der Waals surface area contributed by atoms with Crippen LogP contribution in [0.3, 0.4) is 0 Å². The average molecular weight is 263 g/mol. The molecule has 0 saturated carbocycles. The van der Waals surface area contributed by atoms with Gasteiger partial charge in [-0.05, 0) is 37.3 Å². The Morgan fingerprint density at radius 1 is 1.50 bits per heavy atom. The van der Waals surface area contributed by atoms with E-state index in [-0.39, 0.29) is 6.61 Å². The fraction of sp³-hybridized carbons (Fsp3) is 0.600. The van der Waals surface area contributed by atoms with E-state index in [0.29, 0.717) is 0 Å². The molecular formula is C15H21NOS. The minimum Gasteiger partial charge on any atom is -0.384 e. The molecule has 1 aromatic rings. The molecule has 0 aliphatic carbocycles. The standard InChI is InChI=1S/C15H21NOS/c1-2-14-7-3-4-9-16(14)12-15-13(6-5-10-17)8-11-18-15/h8,11,14,17H,2-4,7,9-10,12H2,1H3. The first-order valence-electron chi connectivity index (χ1n) is 6.75. The zero-order chi connectivity index (χ0) is 12.8. The van der Waals surface area contributed by atoms with Crippen LogP contribution in [0.5, 0.6) is 0 Å². The third kappa shape index (κ3) is 3.35. The second kappa shape index (κ2) is 6.94. The summed E-state index contributed by atoms with van der Waals surface area (Å²) in [7, 11) is 0. The minimum atomic E-state index is -0.0589. The lowest BCUT2D eigenvalue weighted by Gasteiger charge is -2.34. The van der Waals surface area contributed by atoms with E-state index in [2.05, 4.69) is 35.1 Å². The van der Waals surface area contributed by atoms with Crippen LogP contribution in [-0.2, 0) is 6.54 Å². The molecule has 98 valence electrons. The SMILES string of the molecule is CCC1CCCCN1Cc1sccc1C#CCO. The van der Waals surface area contributed by atoms with Crippen LogP contribution in [0.2, 0.25) is 0 Å². The maximum absolute atomic E-state index is 8.78. The van der Waals surface area contributed by atoms with E-state index in [1.165, 1.54) is 37.1 Å². The lowest BCUT2D eigenvalue weighted by atomic mass is 10.00. The highest BCUT2D eigenvalue weighted by Crippen LogP contribution is 2.25. The molecule has 1 N–H and O–H groups in total. The molecular weight excluding hydrogens is 242 g/mol. The number of thiophene rings is 1. The lowest BCUT2D eigenvalue weighted by molar-refractivity contribution is 0.137. The number of nitrogens with zero attached hydrogens (tertiary/aromatic N) is 1. The van der Waals surface area contributed by atoms with Crippen molar-refractivity contribution in [2.75, 3.05) is 13.2 Å². The summed E-state index contributed by atoms with van der Waals surface area (Å²) in [5.41, 5.74) is 1.09. The summed E-state index contributed by atoms with van der Waals surface area (Å²) in [4.78, 5) is 3.94. The van der Waals surface area contributed by atoms with Crippen LogP contribution < -0.4 is 0 Å². The van der Waals surface area contributed by atoms with Crippen molar-refractivity contribution in [2.24, 2.45) is 0 Å². The van der Waals surface area contributed by atoms with E-state index < -0.39 is 0 Å². The van der Waals surface area contributed by atoms with Gasteiger partial charge in [0.2, 0.25) is 0 Å². The topological polar surface area (TPSA) is 23.5 Å². The molecule has 1 aromatic heterocycles. The van der Waals surface area contributed by atoms with Crippen molar-refractivity contribution in [3.05, 3.63) is 21.9 Å². The molecule has 0 aromatic carbocycles. The molecule has 1 atom stereocenters. The number of rotatable bonds is 3. The molecule has 3 heteroatoms. The van der Waals surface area contributed by atoms with Gasteiger partial charge in [0.25, 0.3) is 0 Å². The second-order valence-corrected chi connectivity index (χ2v) is 5.75. The smallest absolute Gasteiger partial charge is 0.104 e. The first-order valence-corrected chi connectivity index (χ1v) is 7.63. The molecule has 18 heavy (non-hydrogen) atoms. The Labute approximate surface area is 114 Å². The van der Waals surface area contributed by atoms with Crippen molar-refractivity contribution >= 4 is 11.3 Å². The molecule has 1 saturated heterocycles. The molecule has 2 rings (SSSR count).